The van der Waals surface area contributed by atoms with Gasteiger partial charge in [0.05, 0.1) is 0 Å². The summed E-state index contributed by atoms with van der Waals surface area (Å²) in [4.78, 5) is 14.3. The van der Waals surface area contributed by atoms with Gasteiger partial charge in [-0.15, -0.1) is 0 Å². The van der Waals surface area contributed by atoms with Crippen molar-refractivity contribution in [2.75, 3.05) is 6.61 Å². The van der Waals surface area contributed by atoms with Gasteiger partial charge >= 0.3 is 5.97 Å². The molecular formula is C5H12N2O3. The summed E-state index contributed by atoms with van der Waals surface area (Å²) >= 11 is 0. The number of aliphatic hydroxyl groups excluding tert-OH is 1. The monoisotopic (exact) mass is 148 g/mol. The molecule has 0 aliphatic rings. The zero-order valence-electron chi connectivity index (χ0n) is 5.62. The van der Waals surface area contributed by atoms with Gasteiger partial charge < -0.3 is 15.7 Å². The molecule has 0 aromatic heterocycles. The van der Waals surface area contributed by atoms with E-state index in [2.05, 4.69) is 10.7 Å². The van der Waals surface area contributed by atoms with Gasteiger partial charge in [0.15, 0.2) is 0 Å². The Bertz CT molecular complexity index is 107. The molecule has 0 saturated carbocycles. The van der Waals surface area contributed by atoms with Crippen LogP contribution in [0.4, 0.5) is 0 Å². The lowest BCUT2D eigenvalue weighted by molar-refractivity contribution is -0.145. The fourth-order valence-electron chi connectivity index (χ4n) is 0.516. The van der Waals surface area contributed by atoms with Crippen LogP contribution in [-0.2, 0) is 9.63 Å². The van der Waals surface area contributed by atoms with E-state index in [9.17, 15) is 4.79 Å². The van der Waals surface area contributed by atoms with Gasteiger partial charge in [-0.1, -0.05) is 0 Å². The summed E-state index contributed by atoms with van der Waals surface area (Å²) in [5, 5.41) is 8.33. The Kier molecular flexibility index (Phi) is 4.82. The van der Waals surface area contributed by atoms with E-state index in [-0.39, 0.29) is 6.61 Å². The van der Waals surface area contributed by atoms with E-state index >= 15 is 0 Å². The maximum atomic E-state index is 10.5. The van der Waals surface area contributed by atoms with Crippen molar-refractivity contribution in [3.63, 3.8) is 0 Å². The second-order valence-electron chi connectivity index (χ2n) is 1.91. The highest BCUT2D eigenvalue weighted by Gasteiger charge is 2.12. The molecule has 0 saturated heterocycles. The lowest BCUT2D eigenvalue weighted by atomic mass is 10.2. The van der Waals surface area contributed by atoms with Crippen molar-refractivity contribution < 1.29 is 14.7 Å². The van der Waals surface area contributed by atoms with E-state index in [4.69, 9.17) is 10.8 Å². The normalized spacial score (nSPS) is 12.7. The molecule has 0 bridgehead atoms. The summed E-state index contributed by atoms with van der Waals surface area (Å²) in [6.45, 7) is 0.0194. The molecule has 0 aliphatic carbocycles. The van der Waals surface area contributed by atoms with Gasteiger partial charge in [0.1, 0.15) is 6.04 Å². The van der Waals surface area contributed by atoms with Gasteiger partial charge in [0.2, 0.25) is 0 Å². The summed E-state index contributed by atoms with van der Waals surface area (Å²) < 4.78 is 0. The van der Waals surface area contributed by atoms with Crippen molar-refractivity contribution in [2.45, 2.75) is 18.9 Å². The summed E-state index contributed by atoms with van der Waals surface area (Å²) in [6, 6.07) is -0.711. The smallest absolute Gasteiger partial charge is 0.341 e. The van der Waals surface area contributed by atoms with Gasteiger partial charge in [-0.25, -0.2) is 4.79 Å². The van der Waals surface area contributed by atoms with Crippen molar-refractivity contribution in [2.24, 2.45) is 11.6 Å². The number of carbonyl (C=O) groups is 1. The highest BCUT2D eigenvalue weighted by molar-refractivity contribution is 5.74. The van der Waals surface area contributed by atoms with Gasteiger partial charge in [-0.05, 0) is 12.8 Å². The molecule has 10 heavy (non-hydrogen) atoms. The van der Waals surface area contributed by atoms with Gasteiger partial charge in [0, 0.05) is 6.61 Å². The second-order valence-corrected chi connectivity index (χ2v) is 1.91. The SMILES string of the molecule is NOC(=O)C(N)CCCO. The predicted octanol–water partition coefficient (Wildman–Crippen LogP) is -1.50. The minimum atomic E-state index is -0.711. The van der Waals surface area contributed by atoms with Crippen molar-refractivity contribution >= 4 is 5.97 Å². The minimum Gasteiger partial charge on any atom is -0.396 e. The molecule has 0 heterocycles. The molecule has 5 nitrogen and oxygen atoms in total. The van der Waals surface area contributed by atoms with E-state index in [1.54, 1.807) is 0 Å². The van der Waals surface area contributed by atoms with Crippen LogP contribution in [0.1, 0.15) is 12.8 Å². The molecule has 5 heteroatoms. The van der Waals surface area contributed by atoms with Crippen LogP contribution in [0.5, 0.6) is 0 Å². The molecule has 60 valence electrons. The Balaban J connectivity index is 3.41. The molecule has 5 N–H and O–H groups in total. The molecule has 0 aromatic carbocycles. The maximum absolute atomic E-state index is 10.5. The molecular weight excluding hydrogens is 136 g/mol. The molecule has 0 aliphatic heterocycles. The van der Waals surface area contributed by atoms with E-state index in [0.29, 0.717) is 12.8 Å². The zero-order valence-corrected chi connectivity index (χ0v) is 5.62. The van der Waals surface area contributed by atoms with Gasteiger partial charge in [-0.3, -0.25) is 0 Å². The van der Waals surface area contributed by atoms with Crippen molar-refractivity contribution in [1.29, 1.82) is 0 Å². The van der Waals surface area contributed by atoms with Crippen LogP contribution in [0.3, 0.4) is 0 Å². The largest absolute Gasteiger partial charge is 0.396 e. The Morgan fingerprint density at radius 2 is 2.30 bits per heavy atom. The Hall–Kier alpha value is -0.650. The van der Waals surface area contributed by atoms with Crippen LogP contribution in [0.2, 0.25) is 0 Å². The first-order valence-electron chi connectivity index (χ1n) is 2.99. The quantitative estimate of drug-likeness (QED) is 0.421. The standard InChI is InChI=1S/C5H12N2O3/c6-4(2-1-3-8)5(9)10-7/h4,8H,1-3,6-7H2. The fourth-order valence-corrected chi connectivity index (χ4v) is 0.516. The molecule has 1 atom stereocenters. The number of aliphatic hydroxyl groups is 1. The van der Waals surface area contributed by atoms with E-state index in [1.807, 2.05) is 0 Å². The fraction of sp³-hybridized carbons (Fsp3) is 0.800. The molecule has 0 amide bonds. The van der Waals surface area contributed by atoms with Crippen LogP contribution >= 0.6 is 0 Å². The van der Waals surface area contributed by atoms with Crippen LogP contribution in [0.25, 0.3) is 0 Å². The first kappa shape index (κ1) is 9.35. The van der Waals surface area contributed by atoms with Crippen LogP contribution < -0.4 is 11.6 Å². The molecule has 0 rings (SSSR count). The highest BCUT2D eigenvalue weighted by Crippen LogP contribution is 1.93. The minimum absolute atomic E-state index is 0.0194. The number of rotatable bonds is 4. The van der Waals surface area contributed by atoms with Crippen molar-refractivity contribution in [3.05, 3.63) is 0 Å². The summed E-state index contributed by atoms with van der Waals surface area (Å²) in [5.41, 5.74) is 5.25. The third kappa shape index (κ3) is 3.39. The average Bonchev–Trinajstić information content (AvgIpc) is 1.98. The van der Waals surface area contributed by atoms with E-state index < -0.39 is 12.0 Å². The third-order valence-corrected chi connectivity index (χ3v) is 1.09. The first-order valence-corrected chi connectivity index (χ1v) is 2.99. The number of carbonyl (C=O) groups excluding carboxylic acids is 1. The van der Waals surface area contributed by atoms with Crippen LogP contribution in [0.15, 0.2) is 0 Å². The first-order chi connectivity index (χ1) is 4.72. The maximum Gasteiger partial charge on any atom is 0.341 e. The van der Waals surface area contributed by atoms with E-state index in [0.717, 1.165) is 0 Å². The Morgan fingerprint density at radius 3 is 2.70 bits per heavy atom. The predicted molar refractivity (Wildman–Crippen MR) is 34.6 cm³/mol. The third-order valence-electron chi connectivity index (χ3n) is 1.09. The van der Waals surface area contributed by atoms with Crippen molar-refractivity contribution in [1.82, 2.24) is 0 Å². The van der Waals surface area contributed by atoms with Crippen molar-refractivity contribution in [3.8, 4) is 0 Å². The topological polar surface area (TPSA) is 98.6 Å². The molecule has 0 radical (unpaired) electrons. The van der Waals surface area contributed by atoms with Crippen LogP contribution in [0, 0.1) is 0 Å². The summed E-state index contributed by atoms with van der Waals surface area (Å²) in [6.07, 6.45) is 0.878. The molecule has 0 fully saturated rings. The second kappa shape index (κ2) is 5.16. The highest BCUT2D eigenvalue weighted by atomic mass is 16.7. The average molecular weight is 148 g/mol. The summed E-state index contributed by atoms with van der Waals surface area (Å²) in [7, 11) is 0. The number of hydrogen-bond donors (Lipinski definition) is 3. The lowest BCUT2D eigenvalue weighted by Gasteiger charge is -2.05. The zero-order chi connectivity index (χ0) is 7.98. The van der Waals surface area contributed by atoms with Gasteiger partial charge in [0.25, 0.3) is 0 Å². The Labute approximate surface area is 58.9 Å². The van der Waals surface area contributed by atoms with Gasteiger partial charge in [-0.2, -0.15) is 5.90 Å². The lowest BCUT2D eigenvalue weighted by Crippen LogP contribution is -2.33. The molecule has 0 aromatic rings. The molecule has 0 spiro atoms. The summed E-state index contributed by atoms with van der Waals surface area (Å²) in [5.74, 6) is 3.91. The molecule has 1 unspecified atom stereocenters. The number of hydrogen-bond acceptors (Lipinski definition) is 5. The number of nitrogens with two attached hydrogens (primary N) is 2. The van der Waals surface area contributed by atoms with Crippen LogP contribution in [-0.4, -0.2) is 23.7 Å². The van der Waals surface area contributed by atoms with E-state index in [1.165, 1.54) is 0 Å². The Morgan fingerprint density at radius 1 is 1.70 bits per heavy atom.